The van der Waals surface area contributed by atoms with Crippen molar-refractivity contribution in [3.8, 4) is 11.8 Å². The molecule has 3 heteroatoms. The Kier molecular flexibility index (Phi) is 4.99. The molecule has 0 aliphatic rings. The van der Waals surface area contributed by atoms with Crippen LogP contribution >= 0.6 is 0 Å². The SMILES string of the molecule is Cc1cccc(CNC(C)C)c1OC(C)C#N. The molecule has 1 aromatic rings. The highest BCUT2D eigenvalue weighted by molar-refractivity contribution is 5.41. The predicted molar refractivity (Wildman–Crippen MR) is 68.9 cm³/mol. The number of benzene rings is 1. The van der Waals surface area contributed by atoms with Crippen LogP contribution in [0.25, 0.3) is 0 Å². The van der Waals surface area contributed by atoms with Crippen molar-refractivity contribution in [2.75, 3.05) is 0 Å². The molecule has 0 fully saturated rings. The molecule has 0 aromatic heterocycles. The van der Waals surface area contributed by atoms with E-state index < -0.39 is 6.10 Å². The standard InChI is InChI=1S/C14H20N2O/c1-10(2)16-9-13-7-5-6-11(3)14(13)17-12(4)8-15/h5-7,10,12,16H,9H2,1-4H3. The maximum atomic E-state index is 8.81. The minimum atomic E-state index is -0.422. The maximum absolute atomic E-state index is 8.81. The fraction of sp³-hybridized carbons (Fsp3) is 0.500. The molecular formula is C14H20N2O. The molecule has 0 aliphatic heterocycles. The van der Waals surface area contributed by atoms with Crippen molar-refractivity contribution in [1.82, 2.24) is 5.32 Å². The van der Waals surface area contributed by atoms with E-state index in [1.54, 1.807) is 6.92 Å². The van der Waals surface area contributed by atoms with Gasteiger partial charge in [0.25, 0.3) is 0 Å². The lowest BCUT2D eigenvalue weighted by atomic mass is 10.1. The van der Waals surface area contributed by atoms with Gasteiger partial charge in [-0.1, -0.05) is 32.0 Å². The van der Waals surface area contributed by atoms with Gasteiger partial charge in [-0.2, -0.15) is 5.26 Å². The summed E-state index contributed by atoms with van der Waals surface area (Å²) in [6.07, 6.45) is -0.422. The van der Waals surface area contributed by atoms with Crippen LogP contribution in [0.3, 0.4) is 0 Å². The molecule has 92 valence electrons. The molecule has 0 aliphatic carbocycles. The lowest BCUT2D eigenvalue weighted by Gasteiger charge is -2.16. The quantitative estimate of drug-likeness (QED) is 0.849. The summed E-state index contributed by atoms with van der Waals surface area (Å²) >= 11 is 0. The van der Waals surface area contributed by atoms with E-state index in [0.29, 0.717) is 6.04 Å². The summed E-state index contributed by atoms with van der Waals surface area (Å²) in [7, 11) is 0. The zero-order chi connectivity index (χ0) is 12.8. The maximum Gasteiger partial charge on any atom is 0.181 e. The van der Waals surface area contributed by atoms with E-state index in [1.165, 1.54) is 0 Å². The van der Waals surface area contributed by atoms with Gasteiger partial charge in [0.2, 0.25) is 0 Å². The first-order valence-corrected chi connectivity index (χ1v) is 5.92. The summed E-state index contributed by atoms with van der Waals surface area (Å²) in [6.45, 7) is 8.72. The van der Waals surface area contributed by atoms with Crippen molar-refractivity contribution >= 4 is 0 Å². The number of aryl methyl sites for hydroxylation is 1. The van der Waals surface area contributed by atoms with Crippen molar-refractivity contribution in [3.05, 3.63) is 29.3 Å². The minimum Gasteiger partial charge on any atom is -0.475 e. The first-order valence-electron chi connectivity index (χ1n) is 5.92. The van der Waals surface area contributed by atoms with Crippen LogP contribution in [0, 0.1) is 18.3 Å². The normalized spacial score (nSPS) is 12.2. The van der Waals surface area contributed by atoms with E-state index in [0.717, 1.165) is 23.4 Å². The zero-order valence-electron chi connectivity index (χ0n) is 10.9. The van der Waals surface area contributed by atoms with Gasteiger partial charge in [-0.15, -0.1) is 0 Å². The highest BCUT2D eigenvalue weighted by atomic mass is 16.5. The fourth-order valence-corrected chi connectivity index (χ4v) is 1.54. The first kappa shape index (κ1) is 13.5. The van der Waals surface area contributed by atoms with Crippen molar-refractivity contribution in [2.24, 2.45) is 0 Å². The third kappa shape index (κ3) is 4.08. The third-order valence-corrected chi connectivity index (χ3v) is 2.47. The van der Waals surface area contributed by atoms with E-state index in [1.807, 2.05) is 25.1 Å². The molecule has 3 nitrogen and oxygen atoms in total. The Morgan fingerprint density at radius 2 is 2.06 bits per heavy atom. The fourth-order valence-electron chi connectivity index (χ4n) is 1.54. The second-order valence-electron chi connectivity index (χ2n) is 4.49. The molecule has 0 amide bonds. The number of hydrogen-bond acceptors (Lipinski definition) is 3. The van der Waals surface area contributed by atoms with Crippen LogP contribution in [0.15, 0.2) is 18.2 Å². The third-order valence-electron chi connectivity index (χ3n) is 2.47. The van der Waals surface area contributed by atoms with Gasteiger partial charge in [-0.05, 0) is 19.4 Å². The van der Waals surface area contributed by atoms with Gasteiger partial charge >= 0.3 is 0 Å². The van der Waals surface area contributed by atoms with Crippen LogP contribution < -0.4 is 10.1 Å². The van der Waals surface area contributed by atoms with Gasteiger partial charge in [-0.3, -0.25) is 0 Å². The van der Waals surface area contributed by atoms with E-state index >= 15 is 0 Å². The van der Waals surface area contributed by atoms with Crippen LogP contribution in [0.1, 0.15) is 31.9 Å². The number of hydrogen-bond donors (Lipinski definition) is 1. The van der Waals surface area contributed by atoms with E-state index in [4.69, 9.17) is 10.00 Å². The molecule has 0 bridgehead atoms. The first-order chi connectivity index (χ1) is 8.04. The smallest absolute Gasteiger partial charge is 0.181 e. The van der Waals surface area contributed by atoms with Gasteiger partial charge in [-0.25, -0.2) is 0 Å². The average molecular weight is 232 g/mol. The Balaban J connectivity index is 2.88. The van der Waals surface area contributed by atoms with Gasteiger partial charge in [0.15, 0.2) is 6.10 Å². The Labute approximate surface area is 103 Å². The Bertz CT molecular complexity index is 407. The summed E-state index contributed by atoms with van der Waals surface area (Å²) in [4.78, 5) is 0. The number of nitrogens with zero attached hydrogens (tertiary/aromatic N) is 1. The molecule has 0 heterocycles. The molecule has 0 spiro atoms. The Hall–Kier alpha value is -1.53. The molecule has 0 radical (unpaired) electrons. The lowest BCUT2D eigenvalue weighted by Crippen LogP contribution is -2.23. The predicted octanol–water partition coefficient (Wildman–Crippen LogP) is 2.78. The summed E-state index contributed by atoms with van der Waals surface area (Å²) in [5.74, 6) is 0.828. The molecule has 0 saturated heterocycles. The molecule has 17 heavy (non-hydrogen) atoms. The van der Waals surface area contributed by atoms with Gasteiger partial charge in [0, 0.05) is 18.2 Å². The molecule has 1 rings (SSSR count). The molecule has 1 atom stereocenters. The average Bonchev–Trinajstić information content (AvgIpc) is 2.29. The van der Waals surface area contributed by atoms with Crippen molar-refractivity contribution in [2.45, 2.75) is 46.4 Å². The molecule has 1 aromatic carbocycles. The number of nitriles is 1. The summed E-state index contributed by atoms with van der Waals surface area (Å²) < 4.78 is 5.66. The number of para-hydroxylation sites is 1. The molecule has 0 saturated carbocycles. The minimum absolute atomic E-state index is 0.422. The Morgan fingerprint density at radius 3 is 2.65 bits per heavy atom. The molecule has 1 unspecified atom stereocenters. The molecular weight excluding hydrogens is 212 g/mol. The number of ether oxygens (including phenoxy) is 1. The van der Waals surface area contributed by atoms with Crippen LogP contribution in [-0.4, -0.2) is 12.1 Å². The van der Waals surface area contributed by atoms with Crippen LogP contribution in [0.5, 0.6) is 5.75 Å². The van der Waals surface area contributed by atoms with Crippen LogP contribution in [0.2, 0.25) is 0 Å². The van der Waals surface area contributed by atoms with E-state index in [9.17, 15) is 0 Å². The number of nitrogens with one attached hydrogen (secondary N) is 1. The summed E-state index contributed by atoms with van der Waals surface area (Å²) in [5.41, 5.74) is 2.16. The van der Waals surface area contributed by atoms with Crippen LogP contribution in [-0.2, 0) is 6.54 Å². The van der Waals surface area contributed by atoms with Crippen molar-refractivity contribution in [1.29, 1.82) is 5.26 Å². The zero-order valence-corrected chi connectivity index (χ0v) is 10.9. The van der Waals surface area contributed by atoms with Gasteiger partial charge < -0.3 is 10.1 Å². The number of rotatable bonds is 5. The second-order valence-corrected chi connectivity index (χ2v) is 4.49. The topological polar surface area (TPSA) is 45.0 Å². The largest absolute Gasteiger partial charge is 0.475 e. The van der Waals surface area contributed by atoms with Gasteiger partial charge in [0.1, 0.15) is 11.8 Å². The highest BCUT2D eigenvalue weighted by Crippen LogP contribution is 2.24. The van der Waals surface area contributed by atoms with E-state index in [2.05, 4.69) is 25.2 Å². The van der Waals surface area contributed by atoms with Gasteiger partial charge in [0.05, 0.1) is 0 Å². The van der Waals surface area contributed by atoms with Crippen molar-refractivity contribution < 1.29 is 4.74 Å². The molecule has 1 N–H and O–H groups in total. The summed E-state index contributed by atoms with van der Waals surface area (Å²) in [6, 6.07) is 8.56. The monoisotopic (exact) mass is 232 g/mol. The highest BCUT2D eigenvalue weighted by Gasteiger charge is 2.10. The lowest BCUT2D eigenvalue weighted by molar-refractivity contribution is 0.271. The summed E-state index contributed by atoms with van der Waals surface area (Å²) in [5, 5.41) is 12.2. The van der Waals surface area contributed by atoms with E-state index in [-0.39, 0.29) is 0 Å². The second kappa shape index (κ2) is 6.27. The van der Waals surface area contributed by atoms with Crippen molar-refractivity contribution in [3.63, 3.8) is 0 Å². The Morgan fingerprint density at radius 1 is 1.35 bits per heavy atom. The van der Waals surface area contributed by atoms with Crippen LogP contribution in [0.4, 0.5) is 0 Å².